The maximum absolute atomic E-state index is 10.9. The van der Waals surface area contributed by atoms with E-state index in [1.807, 2.05) is 6.92 Å². The van der Waals surface area contributed by atoms with Gasteiger partial charge in [0.15, 0.2) is 0 Å². The zero-order valence-corrected chi connectivity index (χ0v) is 13.7. The Morgan fingerprint density at radius 3 is 2.16 bits per heavy atom. The van der Waals surface area contributed by atoms with Crippen LogP contribution in [0.4, 0.5) is 0 Å². The number of rotatable bonds is 11. The lowest BCUT2D eigenvalue weighted by atomic mass is 9.93. The summed E-state index contributed by atoms with van der Waals surface area (Å²) in [6.07, 6.45) is 10.6. The maximum atomic E-state index is 10.9. The van der Waals surface area contributed by atoms with Crippen molar-refractivity contribution in [2.24, 2.45) is 11.8 Å². The monoisotopic (exact) mass is 270 g/mol. The molecule has 0 heterocycles. The number of carbonyl (C=O) groups is 1. The van der Waals surface area contributed by atoms with Crippen LogP contribution >= 0.6 is 0 Å². The Bertz CT molecular complexity index is 225. The van der Waals surface area contributed by atoms with Crippen molar-refractivity contribution in [2.45, 2.75) is 92.1 Å². The summed E-state index contributed by atoms with van der Waals surface area (Å²) in [5.74, 6) is 1.15. The Hall–Kier alpha value is -0.530. The first-order chi connectivity index (χ1) is 8.97. The van der Waals surface area contributed by atoms with Gasteiger partial charge in [-0.15, -0.1) is 0 Å². The largest absolute Gasteiger partial charge is 0.463 e. The normalized spacial score (nSPS) is 15.8. The van der Waals surface area contributed by atoms with Crippen molar-refractivity contribution in [3.63, 3.8) is 0 Å². The van der Waals surface area contributed by atoms with Crippen molar-refractivity contribution in [3.05, 3.63) is 0 Å². The molecule has 19 heavy (non-hydrogen) atoms. The lowest BCUT2D eigenvalue weighted by molar-refractivity contribution is -0.147. The molecule has 0 aromatic heterocycles. The fourth-order valence-electron chi connectivity index (χ4n) is 2.46. The van der Waals surface area contributed by atoms with Gasteiger partial charge in [0.1, 0.15) is 6.10 Å². The van der Waals surface area contributed by atoms with Crippen molar-refractivity contribution < 1.29 is 9.53 Å². The Morgan fingerprint density at radius 1 is 0.947 bits per heavy atom. The predicted octanol–water partition coefficient (Wildman–Crippen LogP) is 5.35. The average Bonchev–Trinajstić information content (AvgIpc) is 2.33. The molecule has 0 aromatic rings. The SMILES string of the molecule is CCCCCCC(C)CCCC(C)C(C)OC(C)=O. The minimum atomic E-state index is -0.163. The molecule has 0 saturated carbocycles. The Labute approximate surface area is 120 Å². The van der Waals surface area contributed by atoms with Crippen molar-refractivity contribution in [3.8, 4) is 0 Å². The summed E-state index contributed by atoms with van der Waals surface area (Å²) >= 11 is 0. The highest BCUT2D eigenvalue weighted by Crippen LogP contribution is 2.20. The van der Waals surface area contributed by atoms with E-state index in [9.17, 15) is 4.79 Å². The number of ether oxygens (including phenoxy) is 1. The van der Waals surface area contributed by atoms with Gasteiger partial charge >= 0.3 is 5.97 Å². The van der Waals surface area contributed by atoms with Crippen molar-refractivity contribution >= 4 is 5.97 Å². The van der Waals surface area contributed by atoms with Crippen LogP contribution in [0.2, 0.25) is 0 Å². The second kappa shape index (κ2) is 11.3. The molecule has 0 rings (SSSR count). The van der Waals surface area contributed by atoms with E-state index in [1.54, 1.807) is 0 Å². The zero-order valence-electron chi connectivity index (χ0n) is 13.7. The quantitative estimate of drug-likeness (QED) is 0.373. The summed E-state index contributed by atoms with van der Waals surface area (Å²) in [6, 6.07) is 0. The fraction of sp³-hybridized carbons (Fsp3) is 0.941. The molecule has 0 aliphatic heterocycles. The van der Waals surface area contributed by atoms with Crippen LogP contribution in [0.5, 0.6) is 0 Å². The van der Waals surface area contributed by atoms with Gasteiger partial charge in [0.05, 0.1) is 0 Å². The molecular formula is C17H34O2. The third-order valence-electron chi connectivity index (χ3n) is 4.06. The molecule has 0 spiro atoms. The first-order valence-corrected chi connectivity index (χ1v) is 8.14. The first kappa shape index (κ1) is 18.5. The van der Waals surface area contributed by atoms with Gasteiger partial charge in [0.25, 0.3) is 0 Å². The highest BCUT2D eigenvalue weighted by molar-refractivity contribution is 5.66. The highest BCUT2D eigenvalue weighted by Gasteiger charge is 2.15. The smallest absolute Gasteiger partial charge is 0.302 e. The topological polar surface area (TPSA) is 26.3 Å². The van der Waals surface area contributed by atoms with E-state index in [2.05, 4.69) is 20.8 Å². The summed E-state index contributed by atoms with van der Waals surface area (Å²) in [5, 5.41) is 0. The molecule has 114 valence electrons. The van der Waals surface area contributed by atoms with E-state index in [1.165, 1.54) is 51.9 Å². The molecule has 0 amide bonds. The van der Waals surface area contributed by atoms with Gasteiger partial charge < -0.3 is 4.74 Å². The van der Waals surface area contributed by atoms with E-state index >= 15 is 0 Å². The van der Waals surface area contributed by atoms with Crippen LogP contribution in [0.3, 0.4) is 0 Å². The number of esters is 1. The summed E-state index contributed by atoms with van der Waals surface area (Å²) in [7, 11) is 0. The summed E-state index contributed by atoms with van der Waals surface area (Å²) < 4.78 is 5.22. The van der Waals surface area contributed by atoms with Crippen molar-refractivity contribution in [1.82, 2.24) is 0 Å². The van der Waals surface area contributed by atoms with Gasteiger partial charge in [0, 0.05) is 6.92 Å². The van der Waals surface area contributed by atoms with Crippen molar-refractivity contribution in [2.75, 3.05) is 0 Å². The molecule has 3 atom stereocenters. The van der Waals surface area contributed by atoms with E-state index in [4.69, 9.17) is 4.74 Å². The van der Waals surface area contributed by atoms with Gasteiger partial charge in [-0.2, -0.15) is 0 Å². The number of hydrogen-bond donors (Lipinski definition) is 0. The van der Waals surface area contributed by atoms with Crippen LogP contribution in [-0.4, -0.2) is 12.1 Å². The summed E-state index contributed by atoms with van der Waals surface area (Å²) in [6.45, 7) is 10.3. The molecule has 2 heteroatoms. The average molecular weight is 270 g/mol. The lowest BCUT2D eigenvalue weighted by Gasteiger charge is -2.20. The van der Waals surface area contributed by atoms with Gasteiger partial charge in [-0.1, -0.05) is 65.7 Å². The van der Waals surface area contributed by atoms with E-state index in [0.717, 1.165) is 12.3 Å². The number of hydrogen-bond acceptors (Lipinski definition) is 2. The second-order valence-corrected chi connectivity index (χ2v) is 6.18. The molecule has 0 aliphatic rings. The van der Waals surface area contributed by atoms with Crippen LogP contribution < -0.4 is 0 Å². The Kier molecular flexibility index (Phi) is 11.0. The molecule has 0 aromatic carbocycles. The van der Waals surface area contributed by atoms with Gasteiger partial charge in [-0.05, 0) is 25.2 Å². The van der Waals surface area contributed by atoms with E-state index < -0.39 is 0 Å². The van der Waals surface area contributed by atoms with E-state index in [-0.39, 0.29) is 12.1 Å². The van der Waals surface area contributed by atoms with E-state index in [0.29, 0.717) is 5.92 Å². The minimum Gasteiger partial charge on any atom is -0.463 e. The molecular weight excluding hydrogens is 236 g/mol. The van der Waals surface area contributed by atoms with Crippen LogP contribution in [0.25, 0.3) is 0 Å². The Morgan fingerprint density at radius 2 is 1.58 bits per heavy atom. The molecule has 2 nitrogen and oxygen atoms in total. The predicted molar refractivity (Wildman–Crippen MR) is 82.2 cm³/mol. The summed E-state index contributed by atoms with van der Waals surface area (Å²) in [4.78, 5) is 10.9. The third-order valence-corrected chi connectivity index (χ3v) is 4.06. The van der Waals surface area contributed by atoms with Crippen molar-refractivity contribution in [1.29, 1.82) is 0 Å². The lowest BCUT2D eigenvalue weighted by Crippen LogP contribution is -2.20. The van der Waals surface area contributed by atoms with Crippen LogP contribution in [-0.2, 0) is 9.53 Å². The number of unbranched alkanes of at least 4 members (excludes halogenated alkanes) is 3. The molecule has 3 unspecified atom stereocenters. The van der Waals surface area contributed by atoms with Crippen LogP contribution in [0.1, 0.15) is 86.0 Å². The maximum Gasteiger partial charge on any atom is 0.302 e. The highest BCUT2D eigenvalue weighted by atomic mass is 16.5. The zero-order chi connectivity index (χ0) is 14.7. The van der Waals surface area contributed by atoms with Gasteiger partial charge in [-0.3, -0.25) is 4.79 Å². The molecule has 0 saturated heterocycles. The van der Waals surface area contributed by atoms with Crippen LogP contribution in [0.15, 0.2) is 0 Å². The standard InChI is InChI=1S/C17H34O2/c1-6-7-8-9-11-14(2)12-10-13-15(3)16(4)19-17(5)18/h14-16H,6-13H2,1-5H3. The summed E-state index contributed by atoms with van der Waals surface area (Å²) in [5.41, 5.74) is 0. The van der Waals surface area contributed by atoms with Gasteiger partial charge in [0.2, 0.25) is 0 Å². The third kappa shape index (κ3) is 11.0. The minimum absolute atomic E-state index is 0.0531. The first-order valence-electron chi connectivity index (χ1n) is 8.14. The molecule has 0 N–H and O–H groups in total. The Balaban J connectivity index is 3.57. The van der Waals surface area contributed by atoms with Gasteiger partial charge in [-0.25, -0.2) is 0 Å². The van der Waals surface area contributed by atoms with Crippen LogP contribution in [0, 0.1) is 11.8 Å². The molecule has 0 bridgehead atoms. The fourth-order valence-corrected chi connectivity index (χ4v) is 2.46. The molecule has 0 radical (unpaired) electrons. The second-order valence-electron chi connectivity index (χ2n) is 6.18. The number of carbonyl (C=O) groups excluding carboxylic acids is 1. The molecule has 0 aliphatic carbocycles. The molecule has 0 fully saturated rings.